The van der Waals surface area contributed by atoms with E-state index in [9.17, 15) is 9.59 Å². The molecule has 5 heteroatoms. The lowest BCUT2D eigenvalue weighted by Crippen LogP contribution is -2.39. The normalized spacial score (nSPS) is 17.7. The maximum Gasteiger partial charge on any atom is 0.238 e. The van der Waals surface area contributed by atoms with Gasteiger partial charge in [0.1, 0.15) is 0 Å². The summed E-state index contributed by atoms with van der Waals surface area (Å²) in [6.45, 7) is 6.88. The van der Waals surface area contributed by atoms with Crippen LogP contribution in [0.3, 0.4) is 0 Å². The van der Waals surface area contributed by atoms with E-state index in [1.807, 2.05) is 30.9 Å². The zero-order chi connectivity index (χ0) is 19.2. The number of nitrogens with zero attached hydrogens (tertiary/aromatic N) is 2. The molecule has 1 aromatic rings. The number of nitrogens with one attached hydrogen (secondary N) is 1. The molecule has 1 aliphatic carbocycles. The smallest absolute Gasteiger partial charge is 0.238 e. The monoisotopic (exact) mass is 371 g/mol. The molecular formula is C22H33N3O2. The van der Waals surface area contributed by atoms with Crippen molar-refractivity contribution >= 4 is 17.5 Å². The predicted molar refractivity (Wildman–Crippen MR) is 109 cm³/mol. The quantitative estimate of drug-likeness (QED) is 0.798. The zero-order valence-electron chi connectivity index (χ0n) is 16.8. The Bertz CT molecular complexity index is 662. The van der Waals surface area contributed by atoms with E-state index < -0.39 is 0 Å². The van der Waals surface area contributed by atoms with Gasteiger partial charge in [-0.15, -0.1) is 0 Å². The summed E-state index contributed by atoms with van der Waals surface area (Å²) in [6, 6.07) is 6.56. The summed E-state index contributed by atoms with van der Waals surface area (Å²) in [6.07, 6.45) is 7.50. The van der Waals surface area contributed by atoms with Crippen LogP contribution < -0.4 is 5.32 Å². The topological polar surface area (TPSA) is 52.7 Å². The van der Waals surface area contributed by atoms with Crippen molar-refractivity contribution < 1.29 is 9.59 Å². The summed E-state index contributed by atoms with van der Waals surface area (Å²) >= 11 is 0. The van der Waals surface area contributed by atoms with Gasteiger partial charge in [-0.1, -0.05) is 25.0 Å². The summed E-state index contributed by atoms with van der Waals surface area (Å²) in [7, 11) is 0. The van der Waals surface area contributed by atoms with Crippen LogP contribution in [0.5, 0.6) is 0 Å². The van der Waals surface area contributed by atoms with Crippen molar-refractivity contribution in [3.63, 3.8) is 0 Å². The minimum Gasteiger partial charge on any atom is -0.343 e. The van der Waals surface area contributed by atoms with Gasteiger partial charge in [0.2, 0.25) is 11.8 Å². The van der Waals surface area contributed by atoms with Gasteiger partial charge in [-0.25, -0.2) is 0 Å². The molecule has 3 rings (SSSR count). The molecule has 5 nitrogen and oxygen atoms in total. The molecule has 0 bridgehead atoms. The van der Waals surface area contributed by atoms with E-state index in [0.29, 0.717) is 25.6 Å². The highest BCUT2D eigenvalue weighted by Gasteiger charge is 2.31. The molecule has 2 fully saturated rings. The second-order valence-corrected chi connectivity index (χ2v) is 8.11. The molecule has 0 radical (unpaired) electrons. The van der Waals surface area contributed by atoms with E-state index in [1.54, 1.807) is 0 Å². The standard InChI is InChI=1S/C22H33N3O2/c1-17-7-8-18(2)20(15-17)23-21(26)16-25(19-9-10-19)14-11-22(27)24-12-5-3-4-6-13-24/h7-8,15,19H,3-6,9-14,16H2,1-2H3,(H,23,26). The van der Waals surface area contributed by atoms with Crippen LogP contribution in [0.4, 0.5) is 5.69 Å². The van der Waals surface area contributed by atoms with Gasteiger partial charge >= 0.3 is 0 Å². The van der Waals surface area contributed by atoms with E-state index in [-0.39, 0.29) is 11.8 Å². The van der Waals surface area contributed by atoms with E-state index in [2.05, 4.69) is 16.3 Å². The van der Waals surface area contributed by atoms with Gasteiger partial charge < -0.3 is 10.2 Å². The van der Waals surface area contributed by atoms with Gasteiger partial charge in [0.15, 0.2) is 0 Å². The van der Waals surface area contributed by atoms with Gasteiger partial charge in [0, 0.05) is 37.8 Å². The first-order valence-corrected chi connectivity index (χ1v) is 10.4. The predicted octanol–water partition coefficient (Wildman–Crippen LogP) is 3.50. The molecule has 1 aliphatic heterocycles. The van der Waals surface area contributed by atoms with E-state index >= 15 is 0 Å². The Hall–Kier alpha value is -1.88. The maximum atomic E-state index is 12.6. The highest BCUT2D eigenvalue weighted by atomic mass is 16.2. The van der Waals surface area contributed by atoms with Gasteiger partial charge in [0.05, 0.1) is 6.54 Å². The molecule has 1 N–H and O–H groups in total. The molecule has 27 heavy (non-hydrogen) atoms. The largest absolute Gasteiger partial charge is 0.343 e. The average Bonchev–Trinajstić information content (AvgIpc) is 3.48. The Morgan fingerprint density at radius 2 is 1.81 bits per heavy atom. The molecule has 0 spiro atoms. The molecule has 148 valence electrons. The van der Waals surface area contributed by atoms with Crippen LogP contribution in [0.15, 0.2) is 18.2 Å². The number of rotatable bonds is 7. The lowest BCUT2D eigenvalue weighted by molar-refractivity contribution is -0.132. The Morgan fingerprint density at radius 1 is 1.11 bits per heavy atom. The third-order valence-corrected chi connectivity index (χ3v) is 5.65. The Labute approximate surface area is 163 Å². The van der Waals surface area contributed by atoms with Crippen LogP contribution in [-0.4, -0.2) is 53.8 Å². The Morgan fingerprint density at radius 3 is 2.48 bits per heavy atom. The fraction of sp³-hybridized carbons (Fsp3) is 0.636. The number of carbonyl (C=O) groups excluding carboxylic acids is 2. The summed E-state index contributed by atoms with van der Waals surface area (Å²) in [5, 5.41) is 3.05. The van der Waals surface area contributed by atoms with Crippen molar-refractivity contribution in [1.82, 2.24) is 9.80 Å². The first-order chi connectivity index (χ1) is 13.0. The first kappa shape index (κ1) is 19.9. The van der Waals surface area contributed by atoms with Crippen molar-refractivity contribution in [2.45, 2.75) is 64.8 Å². The third kappa shape index (κ3) is 6.06. The average molecular weight is 372 g/mol. The Kier molecular flexibility index (Phi) is 6.89. The van der Waals surface area contributed by atoms with Crippen LogP contribution >= 0.6 is 0 Å². The highest BCUT2D eigenvalue weighted by molar-refractivity contribution is 5.93. The molecule has 1 saturated heterocycles. The number of benzene rings is 1. The number of anilines is 1. The van der Waals surface area contributed by atoms with E-state index in [0.717, 1.165) is 55.6 Å². The molecule has 0 aromatic heterocycles. The minimum absolute atomic E-state index is 0.0119. The van der Waals surface area contributed by atoms with Crippen molar-refractivity contribution in [3.05, 3.63) is 29.3 Å². The molecule has 0 atom stereocenters. The molecular weight excluding hydrogens is 338 g/mol. The first-order valence-electron chi connectivity index (χ1n) is 10.4. The van der Waals surface area contributed by atoms with Crippen molar-refractivity contribution in [2.75, 3.05) is 31.5 Å². The summed E-state index contributed by atoms with van der Waals surface area (Å²) in [4.78, 5) is 29.3. The number of hydrogen-bond acceptors (Lipinski definition) is 3. The van der Waals surface area contributed by atoms with Gasteiger partial charge in [-0.3, -0.25) is 14.5 Å². The van der Waals surface area contributed by atoms with Crippen LogP contribution in [0.2, 0.25) is 0 Å². The van der Waals surface area contributed by atoms with Crippen LogP contribution in [0.1, 0.15) is 56.1 Å². The second-order valence-electron chi connectivity index (χ2n) is 8.11. The maximum absolute atomic E-state index is 12.6. The van der Waals surface area contributed by atoms with Gasteiger partial charge in [0.25, 0.3) is 0 Å². The molecule has 0 unspecified atom stereocenters. The van der Waals surface area contributed by atoms with E-state index in [4.69, 9.17) is 0 Å². The lowest BCUT2D eigenvalue weighted by Gasteiger charge is -2.24. The molecule has 1 aromatic carbocycles. The van der Waals surface area contributed by atoms with Crippen molar-refractivity contribution in [2.24, 2.45) is 0 Å². The van der Waals surface area contributed by atoms with E-state index in [1.165, 1.54) is 12.8 Å². The van der Waals surface area contributed by atoms with Crippen LogP contribution in [-0.2, 0) is 9.59 Å². The SMILES string of the molecule is Cc1ccc(C)c(NC(=O)CN(CCC(=O)N2CCCCCC2)C2CC2)c1. The van der Waals surface area contributed by atoms with Gasteiger partial charge in [-0.05, 0) is 56.7 Å². The lowest BCUT2D eigenvalue weighted by atomic mass is 10.1. The molecule has 1 saturated carbocycles. The fourth-order valence-corrected chi connectivity index (χ4v) is 3.79. The highest BCUT2D eigenvalue weighted by Crippen LogP contribution is 2.27. The number of likely N-dealkylation sites (tertiary alicyclic amines) is 1. The van der Waals surface area contributed by atoms with Crippen molar-refractivity contribution in [3.8, 4) is 0 Å². The second kappa shape index (κ2) is 9.36. The molecule has 1 heterocycles. The zero-order valence-corrected chi connectivity index (χ0v) is 16.8. The summed E-state index contributed by atoms with van der Waals surface area (Å²) < 4.78 is 0. The van der Waals surface area contributed by atoms with Crippen LogP contribution in [0.25, 0.3) is 0 Å². The molecule has 2 aliphatic rings. The summed E-state index contributed by atoms with van der Waals surface area (Å²) in [5.41, 5.74) is 3.10. The molecule has 2 amide bonds. The number of aryl methyl sites for hydroxylation is 2. The van der Waals surface area contributed by atoms with Gasteiger partial charge in [-0.2, -0.15) is 0 Å². The summed E-state index contributed by atoms with van der Waals surface area (Å²) in [5.74, 6) is 0.260. The third-order valence-electron chi connectivity index (χ3n) is 5.65. The van der Waals surface area contributed by atoms with Crippen LogP contribution in [0, 0.1) is 13.8 Å². The fourth-order valence-electron chi connectivity index (χ4n) is 3.79. The number of amides is 2. The number of carbonyl (C=O) groups is 2. The van der Waals surface area contributed by atoms with Crippen molar-refractivity contribution in [1.29, 1.82) is 0 Å². The minimum atomic E-state index is 0.0119. The Balaban J connectivity index is 1.50. The number of hydrogen-bond donors (Lipinski definition) is 1.